The SMILES string of the molecule is O=C1C[C@@H](C(=O)N2CCC[C@@H](c3ccn[nH]3)C2)CN1CC1CC1. The standard InChI is InChI=1S/C17H24N4O2/c22-16-8-14(11-21(16)9-12-3-4-12)17(23)20-7-1-2-13(10-20)15-5-6-18-19-15/h5-6,12-14H,1-4,7-11H2,(H,18,19)/t13-,14-/m1/s1. The van der Waals surface area contributed by atoms with Gasteiger partial charge in [0, 0.05) is 50.4 Å². The minimum atomic E-state index is -0.137. The summed E-state index contributed by atoms with van der Waals surface area (Å²) in [6, 6.07) is 2.00. The van der Waals surface area contributed by atoms with Crippen molar-refractivity contribution in [3.8, 4) is 0 Å². The molecule has 4 rings (SSSR count). The summed E-state index contributed by atoms with van der Waals surface area (Å²) in [5, 5.41) is 7.05. The zero-order valence-electron chi connectivity index (χ0n) is 13.4. The summed E-state index contributed by atoms with van der Waals surface area (Å²) < 4.78 is 0. The first-order chi connectivity index (χ1) is 11.2. The van der Waals surface area contributed by atoms with Crippen LogP contribution >= 0.6 is 0 Å². The molecule has 1 N–H and O–H groups in total. The highest BCUT2D eigenvalue weighted by molar-refractivity contribution is 5.89. The van der Waals surface area contributed by atoms with Crippen LogP contribution in [0.1, 0.15) is 43.7 Å². The molecule has 0 unspecified atom stereocenters. The number of H-pyrrole nitrogens is 1. The number of hydrogen-bond donors (Lipinski definition) is 1. The van der Waals surface area contributed by atoms with Crippen molar-refractivity contribution >= 4 is 11.8 Å². The molecule has 0 aromatic carbocycles. The summed E-state index contributed by atoms with van der Waals surface area (Å²) in [6.07, 6.45) is 6.74. The topological polar surface area (TPSA) is 69.3 Å². The van der Waals surface area contributed by atoms with E-state index in [1.807, 2.05) is 15.9 Å². The molecule has 2 aliphatic heterocycles. The predicted molar refractivity (Wildman–Crippen MR) is 84.6 cm³/mol. The molecular weight excluding hydrogens is 292 g/mol. The largest absolute Gasteiger partial charge is 0.342 e. The number of likely N-dealkylation sites (tertiary alicyclic amines) is 2. The third-order valence-electron chi connectivity index (χ3n) is 5.43. The van der Waals surface area contributed by atoms with Crippen LogP contribution in [0.2, 0.25) is 0 Å². The summed E-state index contributed by atoms with van der Waals surface area (Å²) in [7, 11) is 0. The molecule has 1 aliphatic carbocycles. The van der Waals surface area contributed by atoms with Crippen LogP contribution in [-0.2, 0) is 9.59 Å². The van der Waals surface area contributed by atoms with E-state index in [1.165, 1.54) is 12.8 Å². The summed E-state index contributed by atoms with van der Waals surface area (Å²) in [5.74, 6) is 1.22. The van der Waals surface area contributed by atoms with Crippen molar-refractivity contribution in [1.29, 1.82) is 0 Å². The molecule has 0 spiro atoms. The number of nitrogens with one attached hydrogen (secondary N) is 1. The molecule has 124 valence electrons. The Labute approximate surface area is 136 Å². The molecule has 0 radical (unpaired) electrons. The van der Waals surface area contributed by atoms with Gasteiger partial charge in [-0.1, -0.05) is 0 Å². The lowest BCUT2D eigenvalue weighted by atomic mass is 9.93. The minimum absolute atomic E-state index is 0.137. The van der Waals surface area contributed by atoms with Gasteiger partial charge in [0.05, 0.1) is 5.92 Å². The molecule has 2 saturated heterocycles. The van der Waals surface area contributed by atoms with E-state index in [2.05, 4.69) is 10.2 Å². The average molecular weight is 316 g/mol. The van der Waals surface area contributed by atoms with Crippen LogP contribution in [-0.4, -0.2) is 58.0 Å². The van der Waals surface area contributed by atoms with Crippen molar-refractivity contribution in [3.63, 3.8) is 0 Å². The van der Waals surface area contributed by atoms with E-state index in [-0.39, 0.29) is 17.7 Å². The summed E-state index contributed by atoms with van der Waals surface area (Å²) in [4.78, 5) is 28.8. The van der Waals surface area contributed by atoms with Gasteiger partial charge in [0.1, 0.15) is 0 Å². The van der Waals surface area contributed by atoms with E-state index < -0.39 is 0 Å². The van der Waals surface area contributed by atoms with Gasteiger partial charge >= 0.3 is 0 Å². The first-order valence-electron chi connectivity index (χ1n) is 8.76. The van der Waals surface area contributed by atoms with Gasteiger partial charge in [-0.15, -0.1) is 0 Å². The molecule has 3 fully saturated rings. The molecule has 2 atom stereocenters. The molecule has 6 heteroatoms. The number of carbonyl (C=O) groups is 2. The Morgan fingerprint density at radius 3 is 2.91 bits per heavy atom. The van der Waals surface area contributed by atoms with Gasteiger partial charge in [0.2, 0.25) is 11.8 Å². The molecule has 0 bridgehead atoms. The number of piperidine rings is 1. The highest BCUT2D eigenvalue weighted by Crippen LogP contribution is 2.33. The molecule has 1 saturated carbocycles. The van der Waals surface area contributed by atoms with Crippen molar-refractivity contribution in [2.24, 2.45) is 11.8 Å². The lowest BCUT2D eigenvalue weighted by Gasteiger charge is -2.33. The lowest BCUT2D eigenvalue weighted by Crippen LogP contribution is -2.43. The van der Waals surface area contributed by atoms with Crippen LogP contribution in [0.25, 0.3) is 0 Å². The maximum absolute atomic E-state index is 12.8. The first kappa shape index (κ1) is 14.7. The van der Waals surface area contributed by atoms with E-state index in [0.29, 0.717) is 24.8 Å². The van der Waals surface area contributed by atoms with Gasteiger partial charge in [-0.2, -0.15) is 5.10 Å². The fraction of sp³-hybridized carbons (Fsp3) is 0.706. The van der Waals surface area contributed by atoms with Crippen molar-refractivity contribution in [1.82, 2.24) is 20.0 Å². The number of carbonyl (C=O) groups excluding carboxylic acids is 2. The van der Waals surface area contributed by atoms with Crippen LogP contribution in [0.5, 0.6) is 0 Å². The van der Waals surface area contributed by atoms with Crippen molar-refractivity contribution in [3.05, 3.63) is 18.0 Å². The Morgan fingerprint density at radius 2 is 2.17 bits per heavy atom. The quantitative estimate of drug-likeness (QED) is 0.912. The van der Waals surface area contributed by atoms with Gasteiger partial charge in [0.25, 0.3) is 0 Å². The van der Waals surface area contributed by atoms with Crippen LogP contribution in [0, 0.1) is 11.8 Å². The smallest absolute Gasteiger partial charge is 0.228 e. The Balaban J connectivity index is 1.37. The van der Waals surface area contributed by atoms with Gasteiger partial charge in [0.15, 0.2) is 0 Å². The van der Waals surface area contributed by atoms with Gasteiger partial charge in [-0.3, -0.25) is 14.7 Å². The summed E-state index contributed by atoms with van der Waals surface area (Å²) >= 11 is 0. The van der Waals surface area contributed by atoms with E-state index >= 15 is 0 Å². The molecule has 2 amide bonds. The average Bonchev–Trinajstić information content (AvgIpc) is 3.08. The maximum atomic E-state index is 12.8. The molecule has 1 aromatic rings. The van der Waals surface area contributed by atoms with E-state index in [0.717, 1.165) is 38.2 Å². The molecular formula is C17H24N4O2. The Bertz CT molecular complexity index is 581. The molecule has 23 heavy (non-hydrogen) atoms. The lowest BCUT2D eigenvalue weighted by molar-refractivity contribution is -0.137. The second-order valence-corrected chi connectivity index (χ2v) is 7.28. The Morgan fingerprint density at radius 1 is 1.30 bits per heavy atom. The summed E-state index contributed by atoms with van der Waals surface area (Å²) in [6.45, 7) is 3.05. The number of aromatic nitrogens is 2. The number of amides is 2. The van der Waals surface area contributed by atoms with E-state index in [4.69, 9.17) is 0 Å². The zero-order chi connectivity index (χ0) is 15.8. The summed E-state index contributed by atoms with van der Waals surface area (Å²) in [5.41, 5.74) is 1.11. The van der Waals surface area contributed by atoms with E-state index in [9.17, 15) is 9.59 Å². The van der Waals surface area contributed by atoms with Crippen molar-refractivity contribution in [2.75, 3.05) is 26.2 Å². The van der Waals surface area contributed by atoms with Gasteiger partial charge in [-0.05, 0) is 37.7 Å². The van der Waals surface area contributed by atoms with Gasteiger partial charge < -0.3 is 9.80 Å². The van der Waals surface area contributed by atoms with Crippen LogP contribution in [0.4, 0.5) is 0 Å². The molecule has 1 aromatic heterocycles. The third-order valence-corrected chi connectivity index (χ3v) is 5.43. The molecule has 3 heterocycles. The minimum Gasteiger partial charge on any atom is -0.342 e. The van der Waals surface area contributed by atoms with Crippen LogP contribution in [0.3, 0.4) is 0 Å². The van der Waals surface area contributed by atoms with E-state index in [1.54, 1.807) is 6.20 Å². The predicted octanol–water partition coefficient (Wildman–Crippen LogP) is 1.37. The van der Waals surface area contributed by atoms with Gasteiger partial charge in [-0.25, -0.2) is 0 Å². The molecule has 3 aliphatic rings. The second-order valence-electron chi connectivity index (χ2n) is 7.28. The number of nitrogens with zero attached hydrogens (tertiary/aromatic N) is 3. The Kier molecular flexibility index (Phi) is 3.83. The number of hydrogen-bond acceptors (Lipinski definition) is 3. The molecule has 6 nitrogen and oxygen atoms in total. The normalized spacial score (nSPS) is 28.4. The van der Waals surface area contributed by atoms with Crippen LogP contribution < -0.4 is 0 Å². The number of aromatic amines is 1. The first-order valence-corrected chi connectivity index (χ1v) is 8.76. The highest BCUT2D eigenvalue weighted by Gasteiger charge is 2.39. The zero-order valence-corrected chi connectivity index (χ0v) is 13.4. The monoisotopic (exact) mass is 316 g/mol. The maximum Gasteiger partial charge on any atom is 0.228 e. The highest BCUT2D eigenvalue weighted by atomic mass is 16.2. The Hall–Kier alpha value is -1.85. The fourth-order valence-electron chi connectivity index (χ4n) is 3.91. The second kappa shape index (κ2) is 5.98. The van der Waals surface area contributed by atoms with Crippen molar-refractivity contribution in [2.45, 2.75) is 38.0 Å². The fourth-order valence-corrected chi connectivity index (χ4v) is 3.91. The van der Waals surface area contributed by atoms with Crippen molar-refractivity contribution < 1.29 is 9.59 Å². The number of rotatable bonds is 4. The van der Waals surface area contributed by atoms with Crippen LogP contribution in [0.15, 0.2) is 12.3 Å². The third kappa shape index (κ3) is 3.12.